The van der Waals surface area contributed by atoms with Gasteiger partial charge in [-0.25, -0.2) is 9.97 Å². The summed E-state index contributed by atoms with van der Waals surface area (Å²) in [6.07, 6.45) is 4.39. The topological polar surface area (TPSA) is 90.1 Å². The third-order valence-electron chi connectivity index (χ3n) is 8.48. The van der Waals surface area contributed by atoms with Crippen LogP contribution >= 0.6 is 0 Å². The molecule has 0 unspecified atom stereocenters. The lowest BCUT2D eigenvalue weighted by molar-refractivity contribution is 0.722. The number of aromatic amines is 1. The smallest absolute Gasteiger partial charge is 0.205 e. The van der Waals surface area contributed by atoms with Crippen LogP contribution in [0.25, 0.3) is 56.0 Å². The van der Waals surface area contributed by atoms with Gasteiger partial charge in [0.2, 0.25) is 5.82 Å². The molecular weight excluding hydrogens is 532 g/mol. The Kier molecular flexibility index (Phi) is 6.14. The first-order valence-corrected chi connectivity index (χ1v) is 15.1. The van der Waals surface area contributed by atoms with Gasteiger partial charge in [-0.05, 0) is 77.9 Å². The summed E-state index contributed by atoms with van der Waals surface area (Å²) in [6.45, 7) is 5.15. The second-order valence-electron chi connectivity index (χ2n) is 11.5. The summed E-state index contributed by atoms with van der Waals surface area (Å²) in [5.74, 6) is 2.78. The number of imidazole rings is 2. The summed E-state index contributed by atoms with van der Waals surface area (Å²) in [5.41, 5.74) is 11.2. The molecule has 1 saturated carbocycles. The van der Waals surface area contributed by atoms with Crippen LogP contribution in [0.4, 0.5) is 0 Å². The maximum Gasteiger partial charge on any atom is 0.205 e. The lowest BCUT2D eigenvalue weighted by Gasteiger charge is -2.13. The number of fused-ring (bicyclic) bond motifs is 2. The van der Waals surface area contributed by atoms with E-state index in [9.17, 15) is 0 Å². The fraction of sp³-hybridized carbons (Fsp3) is 0.229. The summed E-state index contributed by atoms with van der Waals surface area (Å²) < 4.78 is 4.86. The van der Waals surface area contributed by atoms with Crippen LogP contribution in [0.15, 0.2) is 84.9 Å². The van der Waals surface area contributed by atoms with E-state index < -0.39 is 0 Å². The molecule has 1 fully saturated rings. The summed E-state index contributed by atoms with van der Waals surface area (Å²) in [6, 6.07) is 30.6. The molecule has 0 aliphatic heterocycles. The first kappa shape index (κ1) is 25.6. The van der Waals surface area contributed by atoms with Crippen molar-refractivity contribution in [3.05, 3.63) is 102 Å². The van der Waals surface area contributed by atoms with Gasteiger partial charge in [0.15, 0.2) is 0 Å². The molecule has 7 aromatic rings. The molecule has 43 heavy (non-hydrogen) atoms. The minimum Gasteiger partial charge on any atom is -0.323 e. The van der Waals surface area contributed by atoms with Gasteiger partial charge < -0.3 is 9.13 Å². The minimum atomic E-state index is 0.530. The average Bonchev–Trinajstić information content (AvgIpc) is 3.42. The van der Waals surface area contributed by atoms with Gasteiger partial charge in [0.05, 0.1) is 22.1 Å². The molecule has 0 saturated heterocycles. The predicted octanol–water partition coefficient (Wildman–Crippen LogP) is 7.54. The quantitative estimate of drug-likeness (QED) is 0.206. The molecule has 0 spiro atoms. The van der Waals surface area contributed by atoms with Gasteiger partial charge in [0.1, 0.15) is 11.6 Å². The van der Waals surface area contributed by atoms with Gasteiger partial charge in [-0.2, -0.15) is 5.21 Å². The zero-order valence-corrected chi connectivity index (χ0v) is 24.3. The SMILES string of the molecule is CCCc1nc2c(C)cc(-c3nc4ccccc4n3C3CC3)cc2n1Cc1ccc(-c2ccccc2-c2nn[nH]n2)cc1. The van der Waals surface area contributed by atoms with Crippen LogP contribution in [0.5, 0.6) is 0 Å². The molecule has 1 aliphatic rings. The lowest BCUT2D eigenvalue weighted by Crippen LogP contribution is -2.05. The fourth-order valence-corrected chi connectivity index (χ4v) is 6.29. The number of rotatable bonds is 8. The zero-order chi connectivity index (χ0) is 28.9. The van der Waals surface area contributed by atoms with E-state index in [2.05, 4.69) is 110 Å². The van der Waals surface area contributed by atoms with E-state index in [4.69, 9.17) is 9.97 Å². The van der Waals surface area contributed by atoms with Crippen molar-refractivity contribution in [1.29, 1.82) is 0 Å². The zero-order valence-electron chi connectivity index (χ0n) is 24.3. The maximum atomic E-state index is 5.16. The van der Waals surface area contributed by atoms with Gasteiger partial charge >= 0.3 is 0 Å². The Bertz CT molecular complexity index is 2080. The van der Waals surface area contributed by atoms with Crippen molar-refractivity contribution in [2.24, 2.45) is 0 Å². The van der Waals surface area contributed by atoms with E-state index in [0.717, 1.165) is 64.3 Å². The number of aromatic nitrogens is 8. The van der Waals surface area contributed by atoms with Crippen molar-refractivity contribution in [1.82, 2.24) is 39.7 Å². The number of hydrogen-bond acceptors (Lipinski definition) is 5. The predicted molar refractivity (Wildman–Crippen MR) is 170 cm³/mol. The average molecular weight is 565 g/mol. The van der Waals surface area contributed by atoms with Crippen LogP contribution in [0.3, 0.4) is 0 Å². The van der Waals surface area contributed by atoms with E-state index in [-0.39, 0.29) is 0 Å². The Morgan fingerprint density at radius 1 is 0.837 bits per heavy atom. The summed E-state index contributed by atoms with van der Waals surface area (Å²) in [5, 5.41) is 14.7. The van der Waals surface area contributed by atoms with Crippen LogP contribution in [0, 0.1) is 6.92 Å². The molecule has 0 atom stereocenters. The minimum absolute atomic E-state index is 0.530. The van der Waals surface area contributed by atoms with Gasteiger partial charge in [0, 0.05) is 30.1 Å². The highest BCUT2D eigenvalue weighted by molar-refractivity contribution is 5.88. The molecule has 1 N–H and O–H groups in total. The molecule has 0 bridgehead atoms. The molecular formula is C35H32N8. The Morgan fingerprint density at radius 3 is 2.40 bits per heavy atom. The van der Waals surface area contributed by atoms with Gasteiger partial charge in [0.25, 0.3) is 0 Å². The van der Waals surface area contributed by atoms with Crippen molar-refractivity contribution < 1.29 is 0 Å². The Morgan fingerprint density at radius 2 is 1.63 bits per heavy atom. The third-order valence-corrected chi connectivity index (χ3v) is 8.48. The second-order valence-corrected chi connectivity index (χ2v) is 11.5. The van der Waals surface area contributed by atoms with Crippen molar-refractivity contribution in [2.75, 3.05) is 0 Å². The van der Waals surface area contributed by atoms with Crippen LogP contribution in [-0.4, -0.2) is 39.7 Å². The summed E-state index contributed by atoms with van der Waals surface area (Å²) in [7, 11) is 0. The van der Waals surface area contributed by atoms with Crippen LogP contribution in [0.1, 0.15) is 49.2 Å². The normalized spacial score (nSPS) is 13.3. The van der Waals surface area contributed by atoms with Gasteiger partial charge in [-0.15, -0.1) is 10.2 Å². The highest BCUT2D eigenvalue weighted by atomic mass is 15.5. The maximum absolute atomic E-state index is 5.16. The van der Waals surface area contributed by atoms with Crippen molar-refractivity contribution >= 4 is 22.1 Å². The number of tetrazole rings is 1. The van der Waals surface area contributed by atoms with Gasteiger partial charge in [-0.1, -0.05) is 67.6 Å². The number of hydrogen-bond donors (Lipinski definition) is 1. The molecule has 3 aromatic heterocycles. The molecule has 8 nitrogen and oxygen atoms in total. The monoisotopic (exact) mass is 564 g/mol. The first-order chi connectivity index (χ1) is 21.2. The molecule has 8 heteroatoms. The highest BCUT2D eigenvalue weighted by Gasteiger charge is 2.29. The first-order valence-electron chi connectivity index (χ1n) is 15.1. The number of benzene rings is 4. The van der Waals surface area contributed by atoms with Crippen LogP contribution in [-0.2, 0) is 13.0 Å². The van der Waals surface area contributed by atoms with E-state index >= 15 is 0 Å². The number of aryl methyl sites for hydroxylation is 2. The largest absolute Gasteiger partial charge is 0.323 e. The number of H-pyrrole nitrogens is 1. The molecule has 212 valence electrons. The molecule has 0 radical (unpaired) electrons. The second kappa shape index (κ2) is 10.3. The van der Waals surface area contributed by atoms with E-state index in [1.807, 2.05) is 18.2 Å². The lowest BCUT2D eigenvalue weighted by atomic mass is 9.98. The molecule has 3 heterocycles. The van der Waals surface area contributed by atoms with E-state index in [1.54, 1.807) is 0 Å². The van der Waals surface area contributed by atoms with E-state index in [1.165, 1.54) is 35.0 Å². The Labute approximate surface area is 249 Å². The van der Waals surface area contributed by atoms with Crippen molar-refractivity contribution in [3.63, 3.8) is 0 Å². The fourth-order valence-electron chi connectivity index (χ4n) is 6.29. The standard InChI is InChI=1S/C35H32N8/c1-3-8-32-37-33-22(2)19-25(35-36-29-11-6-7-12-30(29)43(35)26-17-18-26)20-31(33)42(32)21-23-13-15-24(16-14-23)27-9-4-5-10-28(27)34-38-40-41-39-34/h4-7,9-16,19-20,26H,3,8,17-18,21H2,1-2H3,(H,38,39,40,41). The summed E-state index contributed by atoms with van der Waals surface area (Å²) in [4.78, 5) is 10.3. The van der Waals surface area contributed by atoms with Crippen LogP contribution < -0.4 is 0 Å². The molecule has 1 aliphatic carbocycles. The Hall–Kier alpha value is -5.11. The van der Waals surface area contributed by atoms with Gasteiger partial charge in [-0.3, -0.25) is 0 Å². The molecule has 4 aromatic carbocycles. The number of para-hydroxylation sites is 2. The Balaban J connectivity index is 1.20. The van der Waals surface area contributed by atoms with Crippen molar-refractivity contribution in [3.8, 4) is 33.9 Å². The van der Waals surface area contributed by atoms with E-state index in [0.29, 0.717) is 11.9 Å². The number of nitrogens with zero attached hydrogens (tertiary/aromatic N) is 7. The summed E-state index contributed by atoms with van der Waals surface area (Å²) >= 11 is 0. The van der Waals surface area contributed by atoms with Crippen molar-refractivity contribution in [2.45, 2.75) is 52.1 Å². The number of nitrogens with one attached hydrogen (secondary N) is 1. The van der Waals surface area contributed by atoms with Crippen LogP contribution in [0.2, 0.25) is 0 Å². The molecule has 0 amide bonds. The third kappa shape index (κ3) is 4.50. The highest BCUT2D eigenvalue weighted by Crippen LogP contribution is 2.42. The molecule has 8 rings (SSSR count).